The first-order valence-corrected chi connectivity index (χ1v) is 22.6. The number of allylic oxidation sites excluding steroid dienone is 8. The lowest BCUT2D eigenvalue weighted by molar-refractivity contribution is -0.147. The second-order valence-electron chi connectivity index (χ2n) is 15.0. The Morgan fingerprint density at radius 3 is 1.26 bits per heavy atom. The van der Waals surface area contributed by atoms with Crippen molar-refractivity contribution in [3.8, 4) is 0 Å². The number of hydrogen-bond donors (Lipinski definition) is 0. The third kappa shape index (κ3) is 40.6. The van der Waals surface area contributed by atoms with Gasteiger partial charge in [0.05, 0.1) is 19.8 Å². The van der Waals surface area contributed by atoms with Crippen LogP contribution in [0.2, 0.25) is 0 Å². The summed E-state index contributed by atoms with van der Waals surface area (Å²) in [6.45, 7) is 7.64. The summed E-state index contributed by atoms with van der Waals surface area (Å²) in [6.07, 6.45) is 48.7. The van der Waals surface area contributed by atoms with E-state index in [9.17, 15) is 14.4 Å². The van der Waals surface area contributed by atoms with Gasteiger partial charge in [0, 0.05) is 19.3 Å². The van der Waals surface area contributed by atoms with Gasteiger partial charge in [-0.3, -0.25) is 14.4 Å². The lowest BCUT2D eigenvalue weighted by atomic mass is 9.96. The minimum absolute atomic E-state index is 0.0309. The number of carbonyl (C=O) groups excluding carboxylic acids is 3. The third-order valence-corrected chi connectivity index (χ3v) is 9.69. The van der Waals surface area contributed by atoms with Gasteiger partial charge in [-0.25, -0.2) is 0 Å². The predicted molar refractivity (Wildman–Crippen MR) is 228 cm³/mol. The van der Waals surface area contributed by atoms with Crippen molar-refractivity contribution in [3.63, 3.8) is 0 Å². The van der Waals surface area contributed by atoms with Crippen LogP contribution in [0.1, 0.15) is 213 Å². The Bertz CT molecular complexity index is 964. The van der Waals surface area contributed by atoms with Crippen LogP contribution >= 0.6 is 0 Å². The molecule has 0 saturated carbocycles. The lowest BCUT2D eigenvalue weighted by Gasteiger charge is -2.16. The summed E-state index contributed by atoms with van der Waals surface area (Å²) in [5.41, 5.74) is 0. The smallest absolute Gasteiger partial charge is 0.306 e. The molecule has 0 heterocycles. The van der Waals surface area contributed by atoms with Crippen molar-refractivity contribution in [1.29, 1.82) is 0 Å². The van der Waals surface area contributed by atoms with Gasteiger partial charge in [-0.2, -0.15) is 0 Å². The number of ether oxygens (including phenoxy) is 3. The first-order chi connectivity index (χ1) is 26.5. The molecule has 0 N–H and O–H groups in total. The topological polar surface area (TPSA) is 78.9 Å². The molecular formula is C48H84O6. The summed E-state index contributed by atoms with van der Waals surface area (Å²) in [6, 6.07) is 0. The summed E-state index contributed by atoms with van der Waals surface area (Å²) >= 11 is 0. The van der Waals surface area contributed by atoms with Crippen LogP contribution in [0.25, 0.3) is 0 Å². The fourth-order valence-electron chi connectivity index (χ4n) is 6.18. The fourth-order valence-corrected chi connectivity index (χ4v) is 6.18. The molecule has 6 nitrogen and oxygen atoms in total. The monoisotopic (exact) mass is 757 g/mol. The largest absolute Gasteiger partial charge is 0.466 e. The molecule has 54 heavy (non-hydrogen) atoms. The van der Waals surface area contributed by atoms with Crippen LogP contribution in [0.3, 0.4) is 0 Å². The Kier molecular flexibility index (Phi) is 41.0. The maximum Gasteiger partial charge on any atom is 0.306 e. The third-order valence-electron chi connectivity index (χ3n) is 9.69. The highest BCUT2D eigenvalue weighted by Crippen LogP contribution is 2.18. The van der Waals surface area contributed by atoms with E-state index in [1.165, 1.54) is 77.0 Å². The van der Waals surface area contributed by atoms with E-state index in [0.717, 1.165) is 83.5 Å². The SMILES string of the molecule is CCCCC/C=C\C/C=C\CCCCCCCC(=O)OCCCC(CCOC(=O)CCCCCCC/C=C\C/C=C\CCCCC)CC(=O)OCCCC. The van der Waals surface area contributed by atoms with Gasteiger partial charge in [-0.15, -0.1) is 0 Å². The van der Waals surface area contributed by atoms with E-state index in [2.05, 4.69) is 69.4 Å². The molecule has 0 spiro atoms. The zero-order valence-electron chi connectivity index (χ0n) is 35.5. The van der Waals surface area contributed by atoms with Crippen molar-refractivity contribution in [3.05, 3.63) is 48.6 Å². The number of rotatable bonds is 40. The van der Waals surface area contributed by atoms with Crippen molar-refractivity contribution < 1.29 is 28.6 Å². The molecule has 0 aliphatic heterocycles. The highest BCUT2D eigenvalue weighted by molar-refractivity contribution is 5.70. The molecule has 0 amide bonds. The van der Waals surface area contributed by atoms with Crippen molar-refractivity contribution in [2.75, 3.05) is 19.8 Å². The van der Waals surface area contributed by atoms with Crippen molar-refractivity contribution in [2.24, 2.45) is 5.92 Å². The van der Waals surface area contributed by atoms with Crippen molar-refractivity contribution in [1.82, 2.24) is 0 Å². The van der Waals surface area contributed by atoms with Gasteiger partial charge in [0.1, 0.15) is 0 Å². The zero-order valence-corrected chi connectivity index (χ0v) is 35.5. The summed E-state index contributed by atoms with van der Waals surface area (Å²) in [4.78, 5) is 37.0. The van der Waals surface area contributed by atoms with Crippen molar-refractivity contribution >= 4 is 17.9 Å². The van der Waals surface area contributed by atoms with E-state index in [1.807, 2.05) is 0 Å². The molecular weight excluding hydrogens is 673 g/mol. The van der Waals surface area contributed by atoms with Crippen LogP contribution in [0.4, 0.5) is 0 Å². The highest BCUT2D eigenvalue weighted by atomic mass is 16.5. The Morgan fingerprint density at radius 1 is 0.389 bits per heavy atom. The van der Waals surface area contributed by atoms with Gasteiger partial charge in [0.25, 0.3) is 0 Å². The van der Waals surface area contributed by atoms with Crippen LogP contribution in [0.5, 0.6) is 0 Å². The Balaban J connectivity index is 4.06. The van der Waals surface area contributed by atoms with Crippen LogP contribution in [0.15, 0.2) is 48.6 Å². The van der Waals surface area contributed by atoms with Gasteiger partial charge in [-0.1, -0.05) is 140 Å². The molecule has 0 fully saturated rings. The lowest BCUT2D eigenvalue weighted by Crippen LogP contribution is -2.16. The highest BCUT2D eigenvalue weighted by Gasteiger charge is 2.17. The Labute approximate surface area is 333 Å². The summed E-state index contributed by atoms with van der Waals surface area (Å²) in [5, 5.41) is 0. The summed E-state index contributed by atoms with van der Waals surface area (Å²) in [5.74, 6) is -0.475. The Hall–Kier alpha value is -2.63. The first-order valence-electron chi connectivity index (χ1n) is 22.6. The van der Waals surface area contributed by atoms with Gasteiger partial charge < -0.3 is 14.2 Å². The number of hydrogen-bond acceptors (Lipinski definition) is 6. The number of carbonyl (C=O) groups is 3. The summed E-state index contributed by atoms with van der Waals surface area (Å²) < 4.78 is 16.4. The van der Waals surface area contributed by atoms with Crippen LogP contribution in [0, 0.1) is 5.92 Å². The van der Waals surface area contributed by atoms with E-state index in [0.29, 0.717) is 51.9 Å². The molecule has 1 unspecified atom stereocenters. The molecule has 6 heteroatoms. The maximum atomic E-state index is 12.4. The van der Waals surface area contributed by atoms with E-state index < -0.39 is 0 Å². The van der Waals surface area contributed by atoms with Gasteiger partial charge in [-0.05, 0) is 109 Å². The molecule has 0 rings (SSSR count). The molecule has 0 radical (unpaired) electrons. The van der Waals surface area contributed by atoms with Crippen LogP contribution in [-0.2, 0) is 28.6 Å². The average molecular weight is 757 g/mol. The summed E-state index contributed by atoms with van der Waals surface area (Å²) in [7, 11) is 0. The molecule has 0 aliphatic rings. The molecule has 0 saturated heterocycles. The second kappa shape index (κ2) is 43.1. The van der Waals surface area contributed by atoms with Gasteiger partial charge in [0.2, 0.25) is 0 Å². The molecule has 0 aromatic rings. The molecule has 0 aliphatic carbocycles. The zero-order chi connectivity index (χ0) is 39.4. The number of esters is 3. The minimum Gasteiger partial charge on any atom is -0.466 e. The minimum atomic E-state index is -0.205. The predicted octanol–water partition coefficient (Wildman–Crippen LogP) is 14.2. The van der Waals surface area contributed by atoms with Crippen molar-refractivity contribution in [2.45, 2.75) is 213 Å². The Morgan fingerprint density at radius 2 is 0.778 bits per heavy atom. The molecule has 312 valence electrons. The molecule has 0 aromatic carbocycles. The van der Waals surface area contributed by atoms with Gasteiger partial charge >= 0.3 is 17.9 Å². The van der Waals surface area contributed by atoms with E-state index >= 15 is 0 Å². The van der Waals surface area contributed by atoms with E-state index in [1.54, 1.807) is 0 Å². The maximum absolute atomic E-state index is 12.4. The van der Waals surface area contributed by atoms with Gasteiger partial charge in [0.15, 0.2) is 0 Å². The molecule has 0 aromatic heterocycles. The fraction of sp³-hybridized carbons (Fsp3) is 0.771. The average Bonchev–Trinajstić information content (AvgIpc) is 3.16. The second-order valence-corrected chi connectivity index (χ2v) is 15.0. The first kappa shape index (κ1) is 51.4. The standard InChI is InChI=1S/C48H84O6/c1-4-7-10-12-14-16-18-20-22-24-26-28-30-32-34-38-46(49)52-42-36-37-45(44-48(51)53-41-9-6-3)40-43-54-47(50)39-35-33-31-29-27-25-23-21-19-17-15-13-11-8-5-2/h14-17,20-23,45H,4-13,18-19,24-44H2,1-3H3/b16-14-,17-15-,22-20-,23-21-. The van der Waals surface area contributed by atoms with Crippen LogP contribution in [-0.4, -0.2) is 37.7 Å². The van der Waals surface area contributed by atoms with Crippen LogP contribution < -0.4 is 0 Å². The molecule has 1 atom stereocenters. The quantitative estimate of drug-likeness (QED) is 0.0268. The van der Waals surface area contributed by atoms with E-state index in [4.69, 9.17) is 14.2 Å². The van der Waals surface area contributed by atoms with E-state index in [-0.39, 0.29) is 23.8 Å². The number of unbranched alkanes of at least 4 members (excludes halogenated alkanes) is 17. The normalized spacial score (nSPS) is 12.4. The molecule has 0 bridgehead atoms.